The molecule has 1 aromatic heterocycles. The predicted octanol–water partition coefficient (Wildman–Crippen LogP) is 3.11. The van der Waals surface area contributed by atoms with E-state index in [0.717, 1.165) is 11.6 Å². The number of hydrogen-bond acceptors (Lipinski definition) is 4. The zero-order valence-corrected chi connectivity index (χ0v) is 12.7. The number of nitrogens with zero attached hydrogens (tertiary/aromatic N) is 1. The van der Waals surface area contributed by atoms with Gasteiger partial charge < -0.3 is 15.1 Å². The molecule has 3 rings (SSSR count). The lowest BCUT2D eigenvalue weighted by atomic mass is 9.84. The maximum absolute atomic E-state index is 11.3. The highest BCUT2D eigenvalue weighted by Crippen LogP contribution is 2.34. The van der Waals surface area contributed by atoms with Gasteiger partial charge in [0, 0.05) is 19.2 Å². The van der Waals surface area contributed by atoms with Crippen LogP contribution in [0, 0.1) is 5.92 Å². The molecule has 0 unspecified atom stereocenters. The highest BCUT2D eigenvalue weighted by molar-refractivity contribution is 5.85. The van der Waals surface area contributed by atoms with Crippen molar-refractivity contribution in [3.05, 3.63) is 22.7 Å². The summed E-state index contributed by atoms with van der Waals surface area (Å²) >= 11 is 0. The number of H-pyrrole nitrogens is 1. The third kappa shape index (κ3) is 2.64. The fraction of sp³-hybridized carbons (Fsp3) is 0.562. The molecule has 0 amide bonds. The van der Waals surface area contributed by atoms with Gasteiger partial charge >= 0.3 is 5.76 Å². The predicted molar refractivity (Wildman–Crippen MR) is 85.7 cm³/mol. The summed E-state index contributed by atoms with van der Waals surface area (Å²) in [6.45, 7) is 2.27. The zero-order valence-electron chi connectivity index (χ0n) is 12.7. The monoisotopic (exact) mass is 289 g/mol. The van der Waals surface area contributed by atoms with E-state index in [1.807, 2.05) is 6.07 Å². The number of nitrogen functional groups attached to an aromatic ring is 1. The van der Waals surface area contributed by atoms with Crippen LogP contribution in [0.15, 0.2) is 21.3 Å². The first-order chi connectivity index (χ1) is 10.1. The summed E-state index contributed by atoms with van der Waals surface area (Å²) in [6.07, 6.45) is 6.26. The molecule has 21 heavy (non-hydrogen) atoms. The van der Waals surface area contributed by atoms with Crippen molar-refractivity contribution in [2.75, 3.05) is 17.7 Å². The molecule has 1 heterocycles. The molecule has 1 aromatic carbocycles. The van der Waals surface area contributed by atoms with Gasteiger partial charge in [-0.3, -0.25) is 4.98 Å². The average molecular weight is 289 g/mol. The summed E-state index contributed by atoms with van der Waals surface area (Å²) in [7, 11) is 2.09. The summed E-state index contributed by atoms with van der Waals surface area (Å²) in [5.41, 5.74) is 8.99. The minimum atomic E-state index is -0.437. The van der Waals surface area contributed by atoms with Gasteiger partial charge in [-0.1, -0.05) is 13.3 Å². The summed E-state index contributed by atoms with van der Waals surface area (Å²) in [4.78, 5) is 16.2. The van der Waals surface area contributed by atoms with E-state index in [2.05, 4.69) is 23.9 Å². The Hall–Kier alpha value is -1.91. The van der Waals surface area contributed by atoms with Gasteiger partial charge in [0.25, 0.3) is 0 Å². The first kappa shape index (κ1) is 14.0. The van der Waals surface area contributed by atoms with Crippen LogP contribution < -0.4 is 16.4 Å². The van der Waals surface area contributed by atoms with E-state index in [1.165, 1.54) is 32.1 Å². The van der Waals surface area contributed by atoms with Gasteiger partial charge in [0.05, 0.1) is 16.9 Å². The molecule has 0 atom stereocenters. The summed E-state index contributed by atoms with van der Waals surface area (Å²) in [5.74, 6) is 0.437. The highest BCUT2D eigenvalue weighted by Gasteiger charge is 2.24. The van der Waals surface area contributed by atoms with E-state index in [0.29, 0.717) is 22.8 Å². The molecular weight excluding hydrogens is 266 g/mol. The van der Waals surface area contributed by atoms with Gasteiger partial charge in [-0.15, -0.1) is 0 Å². The largest absolute Gasteiger partial charge is 0.417 e. The lowest BCUT2D eigenvalue weighted by Crippen LogP contribution is -2.35. The second-order valence-corrected chi connectivity index (χ2v) is 6.12. The van der Waals surface area contributed by atoms with Gasteiger partial charge in [0.1, 0.15) is 0 Å². The van der Waals surface area contributed by atoms with Crippen LogP contribution in [0.2, 0.25) is 0 Å². The number of aromatic nitrogens is 1. The lowest BCUT2D eigenvalue weighted by molar-refractivity contribution is 0.313. The molecule has 0 saturated heterocycles. The van der Waals surface area contributed by atoms with Gasteiger partial charge in [-0.05, 0) is 37.7 Å². The number of hydrogen-bond donors (Lipinski definition) is 2. The van der Waals surface area contributed by atoms with E-state index in [1.54, 1.807) is 6.07 Å². The Morgan fingerprint density at radius 1 is 1.33 bits per heavy atom. The van der Waals surface area contributed by atoms with Crippen molar-refractivity contribution in [1.82, 2.24) is 4.98 Å². The molecule has 0 radical (unpaired) electrons. The molecule has 0 aliphatic heterocycles. The molecule has 114 valence electrons. The SMILES string of the molecule is CCC1CCC(N(C)c2cc3[nH]c(=O)oc3cc2N)CC1. The molecule has 1 saturated carbocycles. The Morgan fingerprint density at radius 3 is 2.71 bits per heavy atom. The summed E-state index contributed by atoms with van der Waals surface area (Å²) in [6, 6.07) is 4.17. The van der Waals surface area contributed by atoms with Crippen molar-refractivity contribution in [3.8, 4) is 0 Å². The van der Waals surface area contributed by atoms with Gasteiger partial charge in [0.2, 0.25) is 0 Å². The first-order valence-corrected chi connectivity index (χ1v) is 7.73. The number of aromatic amines is 1. The van der Waals surface area contributed by atoms with Crippen molar-refractivity contribution >= 4 is 22.5 Å². The van der Waals surface area contributed by atoms with Crippen LogP contribution in [0.1, 0.15) is 39.0 Å². The first-order valence-electron chi connectivity index (χ1n) is 7.73. The molecule has 3 N–H and O–H groups in total. The maximum Gasteiger partial charge on any atom is 0.417 e. The Kier molecular flexibility index (Phi) is 3.66. The van der Waals surface area contributed by atoms with Gasteiger partial charge in [-0.25, -0.2) is 4.79 Å². The van der Waals surface area contributed by atoms with E-state index in [9.17, 15) is 4.79 Å². The number of nitrogens with one attached hydrogen (secondary N) is 1. The van der Waals surface area contributed by atoms with Crippen LogP contribution in [-0.2, 0) is 0 Å². The number of benzene rings is 1. The van der Waals surface area contributed by atoms with E-state index >= 15 is 0 Å². The number of nitrogens with two attached hydrogens (primary N) is 1. The van der Waals surface area contributed by atoms with E-state index in [4.69, 9.17) is 10.2 Å². The third-order valence-electron chi connectivity index (χ3n) is 4.89. The van der Waals surface area contributed by atoms with Crippen molar-refractivity contribution in [1.29, 1.82) is 0 Å². The minimum absolute atomic E-state index is 0.437. The molecule has 1 aliphatic rings. The number of anilines is 2. The molecule has 0 spiro atoms. The lowest BCUT2D eigenvalue weighted by Gasteiger charge is -2.36. The Bertz CT molecular complexity index is 680. The molecule has 5 heteroatoms. The summed E-state index contributed by atoms with van der Waals surface area (Å²) < 4.78 is 5.05. The minimum Gasteiger partial charge on any atom is -0.408 e. The maximum atomic E-state index is 11.3. The summed E-state index contributed by atoms with van der Waals surface area (Å²) in [5, 5.41) is 0. The van der Waals surface area contributed by atoms with Gasteiger partial charge in [0.15, 0.2) is 5.58 Å². The van der Waals surface area contributed by atoms with Crippen molar-refractivity contribution in [2.24, 2.45) is 5.92 Å². The standard InChI is InChI=1S/C16H23N3O2/c1-3-10-4-6-11(7-5-10)19(2)14-9-13-15(8-12(14)17)21-16(20)18-13/h8-11H,3-7,17H2,1-2H3,(H,18,20). The molecule has 2 aromatic rings. The smallest absolute Gasteiger partial charge is 0.408 e. The average Bonchev–Trinajstić information content (AvgIpc) is 2.85. The van der Waals surface area contributed by atoms with Crippen LogP contribution in [0.25, 0.3) is 11.1 Å². The number of oxazole rings is 1. The third-order valence-corrected chi connectivity index (χ3v) is 4.89. The van der Waals surface area contributed by atoms with E-state index < -0.39 is 5.76 Å². The number of rotatable bonds is 3. The highest BCUT2D eigenvalue weighted by atomic mass is 16.4. The van der Waals surface area contributed by atoms with Crippen LogP contribution >= 0.6 is 0 Å². The molecule has 5 nitrogen and oxygen atoms in total. The normalized spacial score (nSPS) is 22.6. The quantitative estimate of drug-likeness (QED) is 0.851. The molecular formula is C16H23N3O2. The molecule has 0 bridgehead atoms. The second kappa shape index (κ2) is 5.47. The van der Waals surface area contributed by atoms with Crippen molar-refractivity contribution in [2.45, 2.75) is 45.1 Å². The molecule has 1 fully saturated rings. The Morgan fingerprint density at radius 2 is 2.05 bits per heavy atom. The zero-order chi connectivity index (χ0) is 15.0. The number of fused-ring (bicyclic) bond motifs is 1. The van der Waals surface area contributed by atoms with Crippen molar-refractivity contribution in [3.63, 3.8) is 0 Å². The van der Waals surface area contributed by atoms with Crippen molar-refractivity contribution < 1.29 is 4.42 Å². The Balaban J connectivity index is 1.85. The van der Waals surface area contributed by atoms with Gasteiger partial charge in [-0.2, -0.15) is 0 Å². The van der Waals surface area contributed by atoms with Crippen LogP contribution in [-0.4, -0.2) is 18.1 Å². The van der Waals surface area contributed by atoms with Crippen LogP contribution in [0.5, 0.6) is 0 Å². The van der Waals surface area contributed by atoms with Crippen LogP contribution in [0.4, 0.5) is 11.4 Å². The van der Waals surface area contributed by atoms with E-state index in [-0.39, 0.29) is 0 Å². The molecule has 1 aliphatic carbocycles. The topological polar surface area (TPSA) is 75.3 Å². The fourth-order valence-corrected chi connectivity index (χ4v) is 3.44. The fourth-order valence-electron chi connectivity index (χ4n) is 3.44. The Labute approximate surface area is 124 Å². The second-order valence-electron chi connectivity index (χ2n) is 6.12. The van der Waals surface area contributed by atoms with Crippen LogP contribution in [0.3, 0.4) is 0 Å².